The van der Waals surface area contributed by atoms with Crippen molar-refractivity contribution in [2.45, 2.75) is 25.3 Å². The Bertz CT molecular complexity index is 275. The second-order valence-electron chi connectivity index (χ2n) is 4.40. The normalized spacial score (nSPS) is 23.9. The molecule has 0 aromatic rings. The fraction of sp³-hybridized carbons (Fsp3) is 0.667. The molecule has 0 aromatic heterocycles. The average molecular weight is 256 g/mol. The molecule has 6 nitrogen and oxygen atoms in total. The molecule has 0 amide bonds. The number of hydrogen-bond acceptors (Lipinski definition) is 4. The molecule has 2 heterocycles. The summed E-state index contributed by atoms with van der Waals surface area (Å²) in [5.41, 5.74) is 0. The van der Waals surface area contributed by atoms with Gasteiger partial charge in [-0.2, -0.15) is 0 Å². The van der Waals surface area contributed by atoms with E-state index in [0.29, 0.717) is 12.2 Å². The van der Waals surface area contributed by atoms with Gasteiger partial charge in [0.2, 0.25) is 0 Å². The zero-order chi connectivity index (χ0) is 13.4. The average Bonchev–Trinajstić information content (AvgIpc) is 2.37. The third kappa shape index (κ3) is 5.79. The van der Waals surface area contributed by atoms with Crippen LogP contribution in [-0.4, -0.2) is 59.3 Å². The Hall–Kier alpha value is -1.40. The maximum absolute atomic E-state index is 9.55. The molecule has 0 bridgehead atoms. The molecule has 0 aliphatic carbocycles. The van der Waals surface area contributed by atoms with E-state index in [2.05, 4.69) is 10.2 Å². The number of piperazine rings is 1. The van der Waals surface area contributed by atoms with Crippen molar-refractivity contribution in [2.24, 2.45) is 0 Å². The minimum absolute atomic E-state index is 0.558. The third-order valence-electron chi connectivity index (χ3n) is 3.07. The Balaban J connectivity index is 0.000000187. The van der Waals surface area contributed by atoms with Gasteiger partial charge in [-0.1, -0.05) is 6.42 Å². The molecule has 0 aromatic carbocycles. The van der Waals surface area contributed by atoms with E-state index in [9.17, 15) is 9.59 Å². The predicted octanol–water partition coefficient (Wildman–Crippen LogP) is 0.156. The molecule has 0 spiro atoms. The van der Waals surface area contributed by atoms with Gasteiger partial charge in [-0.15, -0.1) is 0 Å². The molecule has 0 saturated carbocycles. The van der Waals surface area contributed by atoms with Gasteiger partial charge in [0.05, 0.1) is 0 Å². The fourth-order valence-electron chi connectivity index (χ4n) is 2.22. The van der Waals surface area contributed by atoms with Crippen LogP contribution in [0.3, 0.4) is 0 Å². The second kappa shape index (κ2) is 7.84. The second-order valence-corrected chi connectivity index (χ2v) is 4.40. The van der Waals surface area contributed by atoms with Gasteiger partial charge in [0.25, 0.3) is 0 Å². The van der Waals surface area contributed by atoms with Crippen LogP contribution in [0.5, 0.6) is 0 Å². The molecule has 2 saturated heterocycles. The number of hydrogen-bond donors (Lipinski definition) is 3. The first-order valence-electron chi connectivity index (χ1n) is 6.18. The van der Waals surface area contributed by atoms with E-state index in [-0.39, 0.29) is 0 Å². The number of rotatable bonds is 2. The van der Waals surface area contributed by atoms with Crippen LogP contribution in [-0.2, 0) is 9.59 Å². The third-order valence-corrected chi connectivity index (χ3v) is 3.07. The van der Waals surface area contributed by atoms with E-state index < -0.39 is 11.9 Å². The van der Waals surface area contributed by atoms with E-state index >= 15 is 0 Å². The maximum Gasteiger partial charge on any atom is 0.328 e. The van der Waals surface area contributed by atoms with E-state index in [1.54, 1.807) is 0 Å². The van der Waals surface area contributed by atoms with Crippen LogP contribution >= 0.6 is 0 Å². The number of carbonyl (C=O) groups is 2. The molecule has 3 N–H and O–H groups in total. The van der Waals surface area contributed by atoms with Crippen LogP contribution in [0.1, 0.15) is 19.3 Å². The van der Waals surface area contributed by atoms with E-state index in [1.807, 2.05) is 0 Å². The van der Waals surface area contributed by atoms with Crippen molar-refractivity contribution in [2.75, 3.05) is 26.2 Å². The smallest absolute Gasteiger partial charge is 0.328 e. The first-order chi connectivity index (χ1) is 8.59. The summed E-state index contributed by atoms with van der Waals surface area (Å²) in [6.07, 6.45) is 5.41. The summed E-state index contributed by atoms with van der Waals surface area (Å²) in [5.74, 6) is -2.51. The van der Waals surface area contributed by atoms with Gasteiger partial charge in [0.1, 0.15) is 0 Å². The SMILES string of the molecule is C1CCN2CCNCC2C1.O=C(O)/C=C/C(=O)O. The summed E-state index contributed by atoms with van der Waals surface area (Å²) in [6.45, 7) is 5.08. The standard InChI is InChI=1S/C8H16N2.C4H4O4/c1-2-5-10-6-4-9-7-8(10)3-1;5-3(6)1-2-4(7)8/h8-9H,1-7H2;1-2H,(H,5,6)(H,7,8)/b;2-1+. The van der Waals surface area contributed by atoms with Gasteiger partial charge in [0, 0.05) is 37.8 Å². The highest BCUT2D eigenvalue weighted by molar-refractivity contribution is 5.89. The summed E-state index contributed by atoms with van der Waals surface area (Å²) in [4.78, 5) is 21.7. The number of fused-ring (bicyclic) bond motifs is 1. The molecule has 2 fully saturated rings. The van der Waals surface area contributed by atoms with Crippen LogP contribution in [0, 0.1) is 0 Å². The van der Waals surface area contributed by atoms with Gasteiger partial charge in [-0.05, 0) is 19.4 Å². The number of carboxylic acids is 2. The minimum Gasteiger partial charge on any atom is -0.478 e. The molecule has 102 valence electrons. The highest BCUT2D eigenvalue weighted by Gasteiger charge is 2.23. The summed E-state index contributed by atoms with van der Waals surface area (Å²) in [6, 6.07) is 0.877. The lowest BCUT2D eigenvalue weighted by molar-refractivity contribution is -0.134. The Morgan fingerprint density at radius 1 is 1.11 bits per heavy atom. The summed E-state index contributed by atoms with van der Waals surface area (Å²) >= 11 is 0. The molecule has 18 heavy (non-hydrogen) atoms. The lowest BCUT2D eigenvalue weighted by Gasteiger charge is -2.39. The fourth-order valence-corrected chi connectivity index (χ4v) is 2.22. The highest BCUT2D eigenvalue weighted by Crippen LogP contribution is 2.17. The molecule has 2 aliphatic rings. The minimum atomic E-state index is -1.26. The first-order valence-corrected chi connectivity index (χ1v) is 6.18. The molecule has 1 atom stereocenters. The van der Waals surface area contributed by atoms with E-state index in [0.717, 1.165) is 6.04 Å². The lowest BCUT2D eigenvalue weighted by Crippen LogP contribution is -2.53. The first kappa shape index (κ1) is 14.7. The Kier molecular flexibility index (Phi) is 6.38. The number of nitrogens with one attached hydrogen (secondary N) is 1. The van der Waals surface area contributed by atoms with Crippen molar-refractivity contribution in [1.29, 1.82) is 0 Å². The van der Waals surface area contributed by atoms with E-state index in [1.165, 1.54) is 45.4 Å². The number of nitrogens with zero attached hydrogens (tertiary/aromatic N) is 1. The van der Waals surface area contributed by atoms with Gasteiger partial charge in [-0.25, -0.2) is 9.59 Å². The zero-order valence-electron chi connectivity index (χ0n) is 10.3. The molecule has 6 heteroatoms. The predicted molar refractivity (Wildman–Crippen MR) is 66.5 cm³/mol. The largest absolute Gasteiger partial charge is 0.478 e. The molecule has 2 rings (SSSR count). The number of carboxylic acid groups (broad SMARTS) is 2. The van der Waals surface area contributed by atoms with Gasteiger partial charge < -0.3 is 15.5 Å². The number of aliphatic carboxylic acids is 2. The van der Waals surface area contributed by atoms with Crippen LogP contribution in [0.4, 0.5) is 0 Å². The monoisotopic (exact) mass is 256 g/mol. The van der Waals surface area contributed by atoms with Gasteiger partial charge >= 0.3 is 11.9 Å². The summed E-state index contributed by atoms with van der Waals surface area (Å²) in [5, 5.41) is 19.1. The van der Waals surface area contributed by atoms with Crippen molar-refractivity contribution in [3.05, 3.63) is 12.2 Å². The molecular weight excluding hydrogens is 236 g/mol. The Labute approximate surface area is 106 Å². The van der Waals surface area contributed by atoms with E-state index in [4.69, 9.17) is 10.2 Å². The van der Waals surface area contributed by atoms with Crippen molar-refractivity contribution in [3.8, 4) is 0 Å². The Morgan fingerprint density at radius 3 is 2.33 bits per heavy atom. The molecule has 2 aliphatic heterocycles. The quantitative estimate of drug-likeness (QED) is 0.610. The molecule has 0 radical (unpaired) electrons. The maximum atomic E-state index is 9.55. The van der Waals surface area contributed by atoms with Crippen molar-refractivity contribution in [3.63, 3.8) is 0 Å². The van der Waals surface area contributed by atoms with Crippen LogP contribution in [0.2, 0.25) is 0 Å². The summed E-state index contributed by atoms with van der Waals surface area (Å²) in [7, 11) is 0. The Morgan fingerprint density at radius 2 is 1.78 bits per heavy atom. The zero-order valence-corrected chi connectivity index (χ0v) is 10.3. The van der Waals surface area contributed by atoms with Crippen LogP contribution in [0.15, 0.2) is 12.2 Å². The van der Waals surface area contributed by atoms with Crippen molar-refractivity contribution in [1.82, 2.24) is 10.2 Å². The highest BCUT2D eigenvalue weighted by atomic mass is 16.4. The number of piperidine rings is 1. The molecule has 1 unspecified atom stereocenters. The summed E-state index contributed by atoms with van der Waals surface area (Å²) < 4.78 is 0. The van der Waals surface area contributed by atoms with Crippen molar-refractivity contribution >= 4 is 11.9 Å². The van der Waals surface area contributed by atoms with Crippen molar-refractivity contribution < 1.29 is 19.8 Å². The van der Waals surface area contributed by atoms with Gasteiger partial charge in [-0.3, -0.25) is 4.90 Å². The topological polar surface area (TPSA) is 89.9 Å². The van der Waals surface area contributed by atoms with Gasteiger partial charge in [0.15, 0.2) is 0 Å². The van der Waals surface area contributed by atoms with Crippen LogP contribution in [0.25, 0.3) is 0 Å². The molecular formula is C12H20N2O4. The van der Waals surface area contributed by atoms with Crippen LogP contribution < -0.4 is 5.32 Å². The lowest BCUT2D eigenvalue weighted by atomic mass is 10.0.